The number of nitrogens with one attached hydrogen (secondary N) is 1. The fraction of sp³-hybridized carbons (Fsp3) is 0.0714. The molecule has 0 bridgehead atoms. The van der Waals surface area contributed by atoms with E-state index in [4.69, 9.17) is 16.7 Å². The highest BCUT2D eigenvalue weighted by Gasteiger charge is 2.08. The van der Waals surface area contributed by atoms with Crippen molar-refractivity contribution < 1.29 is 13.2 Å². The van der Waals surface area contributed by atoms with Crippen LogP contribution in [-0.2, 0) is 21.2 Å². The van der Waals surface area contributed by atoms with Crippen LogP contribution in [0.15, 0.2) is 53.4 Å². The van der Waals surface area contributed by atoms with Gasteiger partial charge in [-0.05, 0) is 42.0 Å². The molecule has 110 valence electrons. The molecule has 21 heavy (non-hydrogen) atoms. The third kappa shape index (κ3) is 4.56. The SMILES string of the molecule is NS(=O)(=O)c1ccc(NC(=O)Cc2cccc(Cl)c2)cc1. The van der Waals surface area contributed by atoms with Gasteiger partial charge in [-0.15, -0.1) is 0 Å². The Morgan fingerprint density at radius 2 is 1.81 bits per heavy atom. The molecule has 0 aromatic heterocycles. The highest BCUT2D eigenvalue weighted by atomic mass is 35.5. The number of amides is 1. The Labute approximate surface area is 127 Å². The summed E-state index contributed by atoms with van der Waals surface area (Å²) in [6.07, 6.45) is 0.178. The number of hydrogen-bond donors (Lipinski definition) is 2. The molecular formula is C14H13ClN2O3S. The average molecular weight is 325 g/mol. The summed E-state index contributed by atoms with van der Waals surface area (Å²) >= 11 is 5.85. The van der Waals surface area contributed by atoms with Crippen LogP contribution in [0, 0.1) is 0 Å². The van der Waals surface area contributed by atoms with Gasteiger partial charge in [0.1, 0.15) is 0 Å². The zero-order chi connectivity index (χ0) is 15.5. The van der Waals surface area contributed by atoms with Crippen LogP contribution < -0.4 is 10.5 Å². The first-order valence-corrected chi connectivity index (χ1v) is 7.94. The van der Waals surface area contributed by atoms with Crippen LogP contribution in [0.25, 0.3) is 0 Å². The second-order valence-electron chi connectivity index (χ2n) is 4.42. The maximum absolute atomic E-state index is 11.9. The predicted octanol–water partition coefficient (Wildman–Crippen LogP) is 2.17. The van der Waals surface area contributed by atoms with Gasteiger partial charge in [0.2, 0.25) is 15.9 Å². The van der Waals surface area contributed by atoms with E-state index in [0.717, 1.165) is 5.56 Å². The van der Waals surface area contributed by atoms with Gasteiger partial charge in [0.15, 0.2) is 0 Å². The smallest absolute Gasteiger partial charge is 0.238 e. The molecule has 2 aromatic carbocycles. The molecule has 3 N–H and O–H groups in total. The number of halogens is 1. The summed E-state index contributed by atoms with van der Waals surface area (Å²) in [6.45, 7) is 0. The lowest BCUT2D eigenvalue weighted by Gasteiger charge is -2.06. The third-order valence-electron chi connectivity index (χ3n) is 2.72. The number of hydrogen-bond acceptors (Lipinski definition) is 3. The molecule has 2 aromatic rings. The molecule has 7 heteroatoms. The van der Waals surface area contributed by atoms with Crippen LogP contribution in [0.3, 0.4) is 0 Å². The minimum atomic E-state index is -3.73. The van der Waals surface area contributed by atoms with E-state index in [1.54, 1.807) is 24.3 Å². The van der Waals surface area contributed by atoms with Gasteiger partial charge >= 0.3 is 0 Å². The normalized spacial score (nSPS) is 11.1. The molecule has 0 aliphatic carbocycles. The molecular weight excluding hydrogens is 312 g/mol. The summed E-state index contributed by atoms with van der Waals surface area (Å²) in [5.74, 6) is -0.222. The van der Waals surface area contributed by atoms with Crippen molar-refractivity contribution in [2.24, 2.45) is 5.14 Å². The molecule has 0 unspecified atom stereocenters. The lowest BCUT2D eigenvalue weighted by Crippen LogP contribution is -2.15. The monoisotopic (exact) mass is 324 g/mol. The van der Waals surface area contributed by atoms with Gasteiger partial charge < -0.3 is 5.32 Å². The summed E-state index contributed by atoms with van der Waals surface area (Å²) in [4.78, 5) is 11.9. The fourth-order valence-corrected chi connectivity index (χ4v) is 2.49. The molecule has 0 aliphatic rings. The van der Waals surface area contributed by atoms with Gasteiger partial charge in [0.25, 0.3) is 0 Å². The fourth-order valence-electron chi connectivity index (χ4n) is 1.77. The second-order valence-corrected chi connectivity index (χ2v) is 6.42. The third-order valence-corrected chi connectivity index (χ3v) is 3.88. The van der Waals surface area contributed by atoms with Crippen LogP contribution in [0.2, 0.25) is 5.02 Å². The number of rotatable bonds is 4. The maximum Gasteiger partial charge on any atom is 0.238 e. The lowest BCUT2D eigenvalue weighted by molar-refractivity contribution is -0.115. The van der Waals surface area contributed by atoms with E-state index in [-0.39, 0.29) is 17.2 Å². The van der Waals surface area contributed by atoms with Gasteiger partial charge in [-0.3, -0.25) is 4.79 Å². The minimum Gasteiger partial charge on any atom is -0.326 e. The number of nitrogens with two attached hydrogens (primary N) is 1. The molecule has 0 saturated carbocycles. The summed E-state index contributed by atoms with van der Waals surface area (Å²) in [5, 5.41) is 8.24. The molecule has 0 atom stereocenters. The first-order valence-electron chi connectivity index (χ1n) is 6.02. The van der Waals surface area contributed by atoms with E-state index in [0.29, 0.717) is 10.7 Å². The summed E-state index contributed by atoms with van der Waals surface area (Å²) < 4.78 is 22.2. The number of benzene rings is 2. The van der Waals surface area contributed by atoms with Crippen molar-refractivity contribution in [2.45, 2.75) is 11.3 Å². The second kappa shape index (κ2) is 6.26. The summed E-state index contributed by atoms with van der Waals surface area (Å²) in [6, 6.07) is 12.7. The molecule has 2 rings (SSSR count). The Balaban J connectivity index is 2.03. The van der Waals surface area contributed by atoms with Crippen molar-refractivity contribution in [1.82, 2.24) is 0 Å². The number of carbonyl (C=O) groups is 1. The highest BCUT2D eigenvalue weighted by molar-refractivity contribution is 7.89. The largest absolute Gasteiger partial charge is 0.326 e. The van der Waals surface area contributed by atoms with Crippen LogP contribution in [-0.4, -0.2) is 14.3 Å². The Morgan fingerprint density at radius 1 is 1.14 bits per heavy atom. The van der Waals surface area contributed by atoms with Crippen LogP contribution in [0.5, 0.6) is 0 Å². The minimum absolute atomic E-state index is 0.00431. The first kappa shape index (κ1) is 15.5. The van der Waals surface area contributed by atoms with E-state index >= 15 is 0 Å². The zero-order valence-electron chi connectivity index (χ0n) is 10.9. The molecule has 0 heterocycles. The van der Waals surface area contributed by atoms with E-state index in [9.17, 15) is 13.2 Å². The Kier molecular flexibility index (Phi) is 4.62. The van der Waals surface area contributed by atoms with Crippen molar-refractivity contribution in [3.8, 4) is 0 Å². The number of carbonyl (C=O) groups excluding carboxylic acids is 1. The quantitative estimate of drug-likeness (QED) is 0.903. The van der Waals surface area contributed by atoms with Crippen molar-refractivity contribution in [3.63, 3.8) is 0 Å². The average Bonchev–Trinajstić information content (AvgIpc) is 2.38. The topological polar surface area (TPSA) is 89.3 Å². The summed E-state index contributed by atoms with van der Waals surface area (Å²) in [7, 11) is -3.73. The molecule has 0 fully saturated rings. The van der Waals surface area contributed by atoms with Crippen LogP contribution >= 0.6 is 11.6 Å². The summed E-state index contributed by atoms with van der Waals surface area (Å²) in [5.41, 5.74) is 1.29. The molecule has 5 nitrogen and oxygen atoms in total. The number of anilines is 1. The molecule has 0 spiro atoms. The van der Waals surface area contributed by atoms with Gasteiger partial charge in [0.05, 0.1) is 11.3 Å². The zero-order valence-corrected chi connectivity index (χ0v) is 12.5. The molecule has 0 radical (unpaired) electrons. The molecule has 1 amide bonds. The first-order chi connectivity index (χ1) is 9.84. The van der Waals surface area contributed by atoms with Crippen LogP contribution in [0.1, 0.15) is 5.56 Å². The van der Waals surface area contributed by atoms with Gasteiger partial charge in [-0.2, -0.15) is 0 Å². The van der Waals surface area contributed by atoms with E-state index in [1.807, 2.05) is 0 Å². The number of primary sulfonamides is 1. The lowest BCUT2D eigenvalue weighted by atomic mass is 10.1. The predicted molar refractivity (Wildman–Crippen MR) is 81.6 cm³/mol. The van der Waals surface area contributed by atoms with Gasteiger partial charge in [-0.25, -0.2) is 13.6 Å². The van der Waals surface area contributed by atoms with E-state index in [2.05, 4.69) is 5.32 Å². The maximum atomic E-state index is 11.9. The number of sulfonamides is 1. The van der Waals surface area contributed by atoms with Gasteiger partial charge in [0, 0.05) is 10.7 Å². The molecule has 0 saturated heterocycles. The van der Waals surface area contributed by atoms with Gasteiger partial charge in [-0.1, -0.05) is 23.7 Å². The van der Waals surface area contributed by atoms with Crippen molar-refractivity contribution in [1.29, 1.82) is 0 Å². The van der Waals surface area contributed by atoms with Crippen molar-refractivity contribution in [3.05, 3.63) is 59.1 Å². The van der Waals surface area contributed by atoms with E-state index in [1.165, 1.54) is 24.3 Å². The standard InChI is InChI=1S/C14H13ClN2O3S/c15-11-3-1-2-10(8-11)9-14(18)17-12-4-6-13(7-5-12)21(16,19)20/h1-8H,9H2,(H,17,18)(H2,16,19,20). The Hall–Kier alpha value is -1.89. The van der Waals surface area contributed by atoms with Crippen LogP contribution in [0.4, 0.5) is 5.69 Å². The highest BCUT2D eigenvalue weighted by Crippen LogP contribution is 2.14. The van der Waals surface area contributed by atoms with E-state index < -0.39 is 10.0 Å². The Morgan fingerprint density at radius 3 is 2.38 bits per heavy atom. The van der Waals surface area contributed by atoms with Crippen molar-refractivity contribution >= 4 is 33.2 Å². The van der Waals surface area contributed by atoms with Crippen molar-refractivity contribution in [2.75, 3.05) is 5.32 Å². The molecule has 0 aliphatic heterocycles. The Bertz CT molecular complexity index is 758.